The molecular weight excluding hydrogens is 308 g/mol. The maximum atomic E-state index is 11.6. The molecule has 0 unspecified atom stereocenters. The number of nitrogens with zero attached hydrogens (tertiary/aromatic N) is 1. The second-order valence-electron chi connectivity index (χ2n) is 5.13. The molecule has 0 saturated carbocycles. The third-order valence-corrected chi connectivity index (χ3v) is 3.12. The number of ether oxygens (including phenoxy) is 1. The van der Waals surface area contributed by atoms with Gasteiger partial charge in [0, 0.05) is 19.5 Å². The summed E-state index contributed by atoms with van der Waals surface area (Å²) in [5.41, 5.74) is 0.889. The van der Waals surface area contributed by atoms with Crippen LogP contribution in [0.5, 0.6) is 0 Å². The van der Waals surface area contributed by atoms with Crippen LogP contribution in [-0.2, 0) is 16.1 Å². The van der Waals surface area contributed by atoms with E-state index in [1.165, 1.54) is 0 Å². The first-order chi connectivity index (χ1) is 11.7. The maximum Gasteiger partial charge on any atom is 0.407 e. The minimum atomic E-state index is -0.615. The van der Waals surface area contributed by atoms with Crippen LogP contribution < -0.4 is 16.0 Å². The summed E-state index contributed by atoms with van der Waals surface area (Å²) in [5.74, 6) is -0.246. The first-order valence-corrected chi connectivity index (χ1v) is 8.01. The molecule has 1 aromatic rings. The van der Waals surface area contributed by atoms with Crippen molar-refractivity contribution in [3.05, 3.63) is 35.9 Å². The van der Waals surface area contributed by atoms with Crippen LogP contribution in [0.15, 0.2) is 30.3 Å². The molecule has 0 heterocycles. The van der Waals surface area contributed by atoms with E-state index in [0.29, 0.717) is 19.5 Å². The molecule has 2 amide bonds. The van der Waals surface area contributed by atoms with Gasteiger partial charge in [-0.05, 0) is 24.9 Å². The van der Waals surface area contributed by atoms with Crippen LogP contribution in [0.25, 0.3) is 0 Å². The summed E-state index contributed by atoms with van der Waals surface area (Å²) in [6.45, 7) is 2.14. The van der Waals surface area contributed by atoms with Crippen LogP contribution in [0, 0.1) is 11.3 Å². The highest BCUT2D eigenvalue weighted by molar-refractivity contribution is 5.82. The fraction of sp³-hybridized carbons (Fsp3) is 0.471. The smallest absolute Gasteiger partial charge is 0.407 e. The van der Waals surface area contributed by atoms with E-state index in [4.69, 9.17) is 10.00 Å². The molecule has 130 valence electrons. The number of hydrogen-bond donors (Lipinski definition) is 3. The predicted octanol–water partition coefficient (Wildman–Crippen LogP) is 1.31. The normalized spacial score (nSPS) is 9.79. The largest absolute Gasteiger partial charge is 0.445 e. The molecule has 0 aromatic heterocycles. The molecule has 3 N–H and O–H groups in total. The Balaban J connectivity index is 1.97. The summed E-state index contributed by atoms with van der Waals surface area (Å²) in [5, 5.41) is 16.6. The van der Waals surface area contributed by atoms with Crippen molar-refractivity contribution in [3.8, 4) is 6.07 Å². The van der Waals surface area contributed by atoms with E-state index in [0.717, 1.165) is 24.9 Å². The lowest BCUT2D eigenvalue weighted by Crippen LogP contribution is -2.37. The minimum Gasteiger partial charge on any atom is -0.445 e. The molecule has 0 spiro atoms. The summed E-state index contributed by atoms with van der Waals surface area (Å²) in [4.78, 5) is 23.0. The van der Waals surface area contributed by atoms with Gasteiger partial charge in [-0.15, -0.1) is 0 Å². The van der Waals surface area contributed by atoms with Crippen molar-refractivity contribution in [3.63, 3.8) is 0 Å². The number of unbranched alkanes of at least 4 members (excludes halogenated alkanes) is 1. The van der Waals surface area contributed by atoms with Crippen LogP contribution in [0.1, 0.15) is 24.8 Å². The molecule has 1 aromatic carbocycles. The summed E-state index contributed by atoms with van der Waals surface area (Å²) in [6, 6.07) is 11.4. The van der Waals surface area contributed by atoms with Gasteiger partial charge in [-0.1, -0.05) is 30.3 Å². The Bertz CT molecular complexity index is 528. The van der Waals surface area contributed by atoms with Crippen molar-refractivity contribution in [1.29, 1.82) is 5.26 Å². The van der Waals surface area contributed by atoms with E-state index in [-0.39, 0.29) is 19.1 Å². The van der Waals surface area contributed by atoms with Crippen molar-refractivity contribution in [2.24, 2.45) is 0 Å². The van der Waals surface area contributed by atoms with Crippen molar-refractivity contribution in [2.45, 2.75) is 25.9 Å². The summed E-state index contributed by atoms with van der Waals surface area (Å²) >= 11 is 0. The van der Waals surface area contributed by atoms with Gasteiger partial charge in [0.15, 0.2) is 0 Å². The van der Waals surface area contributed by atoms with Crippen LogP contribution in [-0.4, -0.2) is 38.2 Å². The predicted molar refractivity (Wildman–Crippen MR) is 90.0 cm³/mol. The van der Waals surface area contributed by atoms with E-state index in [1.54, 1.807) is 0 Å². The van der Waals surface area contributed by atoms with Gasteiger partial charge in [-0.2, -0.15) is 5.26 Å². The standard InChI is InChI=1S/C17H24N4O3/c18-9-6-11-19-10-4-5-12-20-16(22)13-21-17(23)24-14-15-7-2-1-3-8-15/h1-3,7-8,19H,4-6,10-14H2,(H,20,22)(H,21,23). The van der Waals surface area contributed by atoms with Gasteiger partial charge < -0.3 is 20.7 Å². The van der Waals surface area contributed by atoms with Crippen molar-refractivity contribution in [2.75, 3.05) is 26.2 Å². The first-order valence-electron chi connectivity index (χ1n) is 8.01. The molecule has 0 aliphatic heterocycles. The van der Waals surface area contributed by atoms with Gasteiger partial charge in [0.1, 0.15) is 6.61 Å². The molecule has 7 nitrogen and oxygen atoms in total. The zero-order valence-electron chi connectivity index (χ0n) is 13.7. The van der Waals surface area contributed by atoms with Crippen LogP contribution in [0.3, 0.4) is 0 Å². The molecule has 0 atom stereocenters. The summed E-state index contributed by atoms with van der Waals surface area (Å²) < 4.78 is 5.01. The summed E-state index contributed by atoms with van der Waals surface area (Å²) in [7, 11) is 0. The molecule has 0 bridgehead atoms. The van der Waals surface area contributed by atoms with Gasteiger partial charge in [0.05, 0.1) is 12.6 Å². The van der Waals surface area contributed by atoms with E-state index in [1.807, 2.05) is 30.3 Å². The van der Waals surface area contributed by atoms with Crippen LogP contribution in [0.4, 0.5) is 4.79 Å². The Morgan fingerprint density at radius 3 is 2.54 bits per heavy atom. The molecular formula is C17H24N4O3. The number of carbonyl (C=O) groups excluding carboxylic acids is 2. The van der Waals surface area contributed by atoms with Crippen LogP contribution in [0.2, 0.25) is 0 Å². The molecule has 7 heteroatoms. The van der Waals surface area contributed by atoms with E-state index in [2.05, 4.69) is 22.0 Å². The Morgan fingerprint density at radius 2 is 1.79 bits per heavy atom. The average Bonchev–Trinajstić information content (AvgIpc) is 2.61. The third-order valence-electron chi connectivity index (χ3n) is 3.12. The third kappa shape index (κ3) is 10.2. The van der Waals surface area contributed by atoms with E-state index in [9.17, 15) is 9.59 Å². The number of nitrogens with one attached hydrogen (secondary N) is 3. The summed E-state index contributed by atoms with van der Waals surface area (Å²) in [6.07, 6.45) is 1.64. The molecule has 0 fully saturated rings. The molecule has 24 heavy (non-hydrogen) atoms. The highest BCUT2D eigenvalue weighted by Gasteiger charge is 2.06. The van der Waals surface area contributed by atoms with Gasteiger partial charge in [-0.3, -0.25) is 4.79 Å². The average molecular weight is 332 g/mol. The van der Waals surface area contributed by atoms with Crippen molar-refractivity contribution >= 4 is 12.0 Å². The topological polar surface area (TPSA) is 103 Å². The molecule has 1 rings (SSSR count). The molecule has 0 aliphatic carbocycles. The maximum absolute atomic E-state index is 11.6. The zero-order valence-corrected chi connectivity index (χ0v) is 13.7. The van der Waals surface area contributed by atoms with Gasteiger partial charge >= 0.3 is 6.09 Å². The lowest BCUT2D eigenvalue weighted by molar-refractivity contribution is -0.120. The number of carbonyl (C=O) groups is 2. The van der Waals surface area contributed by atoms with Gasteiger partial charge in [-0.25, -0.2) is 4.79 Å². The first kappa shape index (κ1) is 19.5. The molecule has 0 radical (unpaired) electrons. The Hall–Kier alpha value is -2.59. The van der Waals surface area contributed by atoms with E-state index < -0.39 is 6.09 Å². The van der Waals surface area contributed by atoms with Gasteiger partial charge in [0.25, 0.3) is 0 Å². The van der Waals surface area contributed by atoms with Gasteiger partial charge in [0.2, 0.25) is 5.91 Å². The fourth-order valence-corrected chi connectivity index (χ4v) is 1.86. The van der Waals surface area contributed by atoms with E-state index >= 15 is 0 Å². The molecule has 0 aliphatic rings. The Kier molecular flexibility index (Phi) is 10.5. The molecule has 0 saturated heterocycles. The number of rotatable bonds is 11. The number of nitriles is 1. The number of benzene rings is 1. The van der Waals surface area contributed by atoms with Crippen molar-refractivity contribution < 1.29 is 14.3 Å². The van der Waals surface area contributed by atoms with Crippen LogP contribution >= 0.6 is 0 Å². The SMILES string of the molecule is N#CCCNCCCCNC(=O)CNC(=O)OCc1ccccc1. The number of hydrogen-bond acceptors (Lipinski definition) is 5. The second kappa shape index (κ2) is 12.9. The Morgan fingerprint density at radius 1 is 1.04 bits per heavy atom. The fourth-order valence-electron chi connectivity index (χ4n) is 1.86. The lowest BCUT2D eigenvalue weighted by Gasteiger charge is -2.08. The monoisotopic (exact) mass is 332 g/mol. The zero-order chi connectivity index (χ0) is 17.5. The number of alkyl carbamates (subject to hydrolysis) is 1. The highest BCUT2D eigenvalue weighted by Crippen LogP contribution is 2.00. The lowest BCUT2D eigenvalue weighted by atomic mass is 10.2. The highest BCUT2D eigenvalue weighted by atomic mass is 16.5. The minimum absolute atomic E-state index is 0.103. The number of amides is 2. The van der Waals surface area contributed by atoms with Crippen molar-refractivity contribution in [1.82, 2.24) is 16.0 Å². The quantitative estimate of drug-likeness (QED) is 0.530. The Labute approximate surface area is 142 Å². The second-order valence-corrected chi connectivity index (χ2v) is 5.13.